The van der Waals surface area contributed by atoms with Crippen molar-refractivity contribution in [3.8, 4) is 5.75 Å². The molecule has 6 nitrogen and oxygen atoms in total. The lowest BCUT2D eigenvalue weighted by atomic mass is 9.97. The zero-order chi connectivity index (χ0) is 21.4. The van der Waals surface area contributed by atoms with Gasteiger partial charge in [-0.3, -0.25) is 4.79 Å². The molecule has 0 bridgehead atoms. The van der Waals surface area contributed by atoms with Crippen molar-refractivity contribution < 1.29 is 22.3 Å². The number of nitrogens with zero attached hydrogens (tertiary/aromatic N) is 1. The number of hydrogen-bond acceptors (Lipinski definition) is 4. The van der Waals surface area contributed by atoms with Crippen molar-refractivity contribution in [1.29, 1.82) is 0 Å². The van der Waals surface area contributed by atoms with Crippen LogP contribution in [-0.4, -0.2) is 44.9 Å². The van der Waals surface area contributed by atoms with Gasteiger partial charge < -0.3 is 10.1 Å². The summed E-state index contributed by atoms with van der Waals surface area (Å²) in [5.41, 5.74) is 0.813. The topological polar surface area (TPSA) is 75.7 Å². The Bertz CT molecular complexity index is 972. The van der Waals surface area contributed by atoms with Gasteiger partial charge in [-0.05, 0) is 36.6 Å². The Morgan fingerprint density at radius 1 is 1.10 bits per heavy atom. The van der Waals surface area contributed by atoms with Crippen molar-refractivity contribution in [3.05, 3.63) is 71.4 Å². The number of hydrogen-bond donors (Lipinski definition) is 1. The molecule has 0 spiro atoms. The Kier molecular flexibility index (Phi) is 7.59. The van der Waals surface area contributed by atoms with Gasteiger partial charge in [0.2, 0.25) is 15.9 Å². The summed E-state index contributed by atoms with van der Waals surface area (Å²) in [6.07, 6.45) is 2.49. The van der Waals surface area contributed by atoms with Crippen molar-refractivity contribution in [3.63, 3.8) is 0 Å². The smallest absolute Gasteiger partial charge is 0.236 e. The van der Waals surface area contributed by atoms with Gasteiger partial charge in [-0.25, -0.2) is 12.8 Å². The number of rotatable bonds is 8. The van der Waals surface area contributed by atoms with E-state index in [1.807, 2.05) is 30.3 Å². The molecular formula is C22H25FN2O4S. The van der Waals surface area contributed by atoms with Crippen molar-refractivity contribution in [2.45, 2.75) is 12.8 Å². The number of sulfonamides is 1. The zero-order valence-electron chi connectivity index (χ0n) is 16.5. The van der Waals surface area contributed by atoms with Crippen LogP contribution in [0, 0.1) is 11.7 Å². The Labute approximate surface area is 176 Å². The van der Waals surface area contributed by atoms with Crippen LogP contribution in [0.5, 0.6) is 5.75 Å². The van der Waals surface area contributed by atoms with E-state index in [2.05, 4.69) is 5.32 Å². The van der Waals surface area contributed by atoms with Gasteiger partial charge in [-0.2, -0.15) is 4.31 Å². The fraction of sp³-hybridized carbons (Fsp3) is 0.318. The van der Waals surface area contributed by atoms with Crippen molar-refractivity contribution in [2.75, 3.05) is 26.2 Å². The van der Waals surface area contributed by atoms with E-state index >= 15 is 0 Å². The molecular weight excluding hydrogens is 407 g/mol. The fourth-order valence-electron chi connectivity index (χ4n) is 3.23. The molecule has 0 aromatic heterocycles. The fourth-order valence-corrected chi connectivity index (χ4v) is 4.45. The van der Waals surface area contributed by atoms with Gasteiger partial charge in [0.25, 0.3) is 0 Å². The molecule has 0 atom stereocenters. The van der Waals surface area contributed by atoms with Gasteiger partial charge in [0, 0.05) is 24.4 Å². The van der Waals surface area contributed by atoms with Gasteiger partial charge >= 0.3 is 0 Å². The van der Waals surface area contributed by atoms with E-state index in [0.29, 0.717) is 25.9 Å². The van der Waals surface area contributed by atoms with Crippen LogP contribution in [0.2, 0.25) is 0 Å². The molecule has 30 heavy (non-hydrogen) atoms. The Hall–Kier alpha value is -2.71. The summed E-state index contributed by atoms with van der Waals surface area (Å²) in [6.45, 7) is 1.01. The molecule has 2 aromatic carbocycles. The van der Waals surface area contributed by atoms with Crippen LogP contribution < -0.4 is 10.1 Å². The largest absolute Gasteiger partial charge is 0.489 e. The maximum absolute atomic E-state index is 13.5. The van der Waals surface area contributed by atoms with E-state index in [1.165, 1.54) is 21.8 Å². The SMILES string of the molecule is O=C(NCCOc1ccccc1F)C1CCN(S(=O)(=O)/C=C/c2ccccc2)CC1. The highest BCUT2D eigenvalue weighted by Gasteiger charge is 2.29. The molecule has 0 radical (unpaired) electrons. The molecule has 160 valence electrons. The van der Waals surface area contributed by atoms with E-state index in [-0.39, 0.29) is 30.7 Å². The van der Waals surface area contributed by atoms with E-state index in [0.717, 1.165) is 5.56 Å². The summed E-state index contributed by atoms with van der Waals surface area (Å²) >= 11 is 0. The molecule has 1 heterocycles. The Morgan fingerprint density at radius 3 is 2.47 bits per heavy atom. The van der Waals surface area contributed by atoms with Gasteiger partial charge in [0.05, 0.1) is 6.54 Å². The second kappa shape index (κ2) is 10.4. The third kappa shape index (κ3) is 6.14. The van der Waals surface area contributed by atoms with E-state index in [4.69, 9.17) is 4.74 Å². The Morgan fingerprint density at radius 2 is 1.77 bits per heavy atom. The second-order valence-corrected chi connectivity index (χ2v) is 8.82. The predicted octanol–water partition coefficient (Wildman–Crippen LogP) is 3.03. The van der Waals surface area contributed by atoms with Crippen LogP contribution in [0.1, 0.15) is 18.4 Å². The van der Waals surface area contributed by atoms with Gasteiger partial charge in [0.1, 0.15) is 6.61 Å². The third-order valence-corrected chi connectivity index (χ3v) is 6.48. The van der Waals surface area contributed by atoms with Crippen LogP contribution in [0.15, 0.2) is 60.0 Å². The molecule has 8 heteroatoms. The van der Waals surface area contributed by atoms with Gasteiger partial charge in [-0.1, -0.05) is 42.5 Å². The molecule has 0 unspecified atom stereocenters. The number of halogens is 1. The number of carbonyl (C=O) groups is 1. The highest BCUT2D eigenvalue weighted by Crippen LogP contribution is 2.21. The standard InChI is InChI=1S/C22H25FN2O4S/c23-20-8-4-5-9-21(20)29-16-13-24-22(26)19-10-14-25(15-11-19)30(27,28)17-12-18-6-2-1-3-7-18/h1-9,12,17,19H,10-11,13-16H2,(H,24,26)/b17-12+. The molecule has 0 saturated carbocycles. The first-order valence-electron chi connectivity index (χ1n) is 9.84. The number of para-hydroxylation sites is 1. The monoisotopic (exact) mass is 432 g/mol. The normalized spacial score (nSPS) is 15.9. The molecule has 0 aliphatic carbocycles. The highest BCUT2D eigenvalue weighted by molar-refractivity contribution is 7.92. The van der Waals surface area contributed by atoms with Crippen LogP contribution in [0.3, 0.4) is 0 Å². The van der Waals surface area contributed by atoms with Gasteiger partial charge in [0.15, 0.2) is 11.6 Å². The molecule has 1 amide bonds. The maximum atomic E-state index is 13.5. The summed E-state index contributed by atoms with van der Waals surface area (Å²) in [5.74, 6) is -0.681. The first-order valence-corrected chi connectivity index (χ1v) is 11.3. The number of nitrogens with one attached hydrogen (secondary N) is 1. The minimum absolute atomic E-state index is 0.135. The first kappa shape index (κ1) is 22.0. The third-order valence-electron chi connectivity index (χ3n) is 4.91. The number of amides is 1. The van der Waals surface area contributed by atoms with Crippen LogP contribution >= 0.6 is 0 Å². The summed E-state index contributed by atoms with van der Waals surface area (Å²) in [6, 6.07) is 15.3. The molecule has 2 aromatic rings. The molecule has 1 N–H and O–H groups in total. The zero-order valence-corrected chi connectivity index (χ0v) is 17.4. The summed E-state index contributed by atoms with van der Waals surface area (Å²) in [4.78, 5) is 12.3. The van der Waals surface area contributed by atoms with Crippen molar-refractivity contribution in [1.82, 2.24) is 9.62 Å². The van der Waals surface area contributed by atoms with Crippen molar-refractivity contribution >= 4 is 22.0 Å². The molecule has 1 aliphatic rings. The lowest BCUT2D eigenvalue weighted by Gasteiger charge is -2.29. The van der Waals surface area contributed by atoms with Crippen LogP contribution in [-0.2, 0) is 14.8 Å². The highest BCUT2D eigenvalue weighted by atomic mass is 32.2. The lowest BCUT2D eigenvalue weighted by Crippen LogP contribution is -2.43. The average Bonchev–Trinajstić information content (AvgIpc) is 2.77. The number of ether oxygens (including phenoxy) is 1. The minimum atomic E-state index is -3.52. The molecule has 1 saturated heterocycles. The number of benzene rings is 2. The lowest BCUT2D eigenvalue weighted by molar-refractivity contribution is -0.126. The molecule has 3 rings (SSSR count). The average molecular weight is 433 g/mol. The second-order valence-electron chi connectivity index (χ2n) is 7.00. The van der Waals surface area contributed by atoms with Crippen LogP contribution in [0.25, 0.3) is 6.08 Å². The maximum Gasteiger partial charge on any atom is 0.236 e. The Balaban J connectivity index is 1.41. The summed E-state index contributed by atoms with van der Waals surface area (Å²) in [7, 11) is -3.52. The van der Waals surface area contributed by atoms with E-state index in [1.54, 1.807) is 18.2 Å². The summed E-state index contributed by atoms with van der Waals surface area (Å²) in [5, 5.41) is 3.99. The van der Waals surface area contributed by atoms with E-state index < -0.39 is 15.8 Å². The molecule has 1 aliphatic heterocycles. The quantitative estimate of drug-likeness (QED) is 0.651. The van der Waals surface area contributed by atoms with Gasteiger partial charge in [-0.15, -0.1) is 0 Å². The molecule has 1 fully saturated rings. The van der Waals surface area contributed by atoms with E-state index in [9.17, 15) is 17.6 Å². The number of carbonyl (C=O) groups excluding carboxylic acids is 1. The van der Waals surface area contributed by atoms with Crippen molar-refractivity contribution in [2.24, 2.45) is 5.92 Å². The number of piperidine rings is 1. The predicted molar refractivity (Wildman–Crippen MR) is 114 cm³/mol. The van der Waals surface area contributed by atoms with Crippen LogP contribution in [0.4, 0.5) is 4.39 Å². The summed E-state index contributed by atoms with van der Waals surface area (Å²) < 4.78 is 45.2. The first-order chi connectivity index (χ1) is 14.5. The minimum Gasteiger partial charge on any atom is -0.489 e.